The van der Waals surface area contributed by atoms with E-state index in [4.69, 9.17) is 12.2 Å². The average molecular weight is 322 g/mol. The van der Waals surface area contributed by atoms with Gasteiger partial charge < -0.3 is 5.32 Å². The van der Waals surface area contributed by atoms with Crippen LogP contribution in [0.4, 0.5) is 5.00 Å². The summed E-state index contributed by atoms with van der Waals surface area (Å²) in [5, 5.41) is 18.4. The third-order valence-corrected chi connectivity index (χ3v) is 4.93. The lowest BCUT2D eigenvalue weighted by molar-refractivity contribution is -0.380. The van der Waals surface area contributed by atoms with Gasteiger partial charge in [-0.15, -0.1) is 0 Å². The number of rotatable bonds is 4. The SMILES string of the molecule is O=[N+]([O-])c1ccc(/C=N\NC(=S)NC2CC3C=CC2C3)s1. The zero-order valence-electron chi connectivity index (χ0n) is 11.1. The van der Waals surface area contributed by atoms with Gasteiger partial charge in [-0.3, -0.25) is 15.5 Å². The van der Waals surface area contributed by atoms with Crippen molar-refractivity contribution in [2.24, 2.45) is 16.9 Å². The first-order valence-electron chi connectivity index (χ1n) is 6.64. The molecule has 3 atom stereocenters. The first-order valence-corrected chi connectivity index (χ1v) is 7.86. The van der Waals surface area contributed by atoms with Crippen LogP contribution in [0.3, 0.4) is 0 Å². The number of nitrogens with one attached hydrogen (secondary N) is 2. The minimum absolute atomic E-state index is 0.103. The van der Waals surface area contributed by atoms with Crippen molar-refractivity contribution in [3.8, 4) is 0 Å². The number of hydrazone groups is 1. The lowest BCUT2D eigenvalue weighted by Crippen LogP contribution is -2.42. The predicted molar refractivity (Wildman–Crippen MR) is 86.6 cm³/mol. The summed E-state index contributed by atoms with van der Waals surface area (Å²) in [6, 6.07) is 3.51. The van der Waals surface area contributed by atoms with Gasteiger partial charge in [-0.25, -0.2) is 0 Å². The van der Waals surface area contributed by atoms with Crippen LogP contribution in [0.25, 0.3) is 0 Å². The fourth-order valence-electron chi connectivity index (χ4n) is 2.81. The number of nitrogens with zero attached hydrogens (tertiary/aromatic N) is 2. The van der Waals surface area contributed by atoms with Crippen molar-refractivity contribution >= 4 is 39.9 Å². The Balaban J connectivity index is 1.48. The lowest BCUT2D eigenvalue weighted by atomic mass is 10.0. The maximum atomic E-state index is 10.6. The molecule has 0 spiro atoms. The molecule has 3 rings (SSSR count). The fourth-order valence-corrected chi connectivity index (χ4v) is 3.71. The molecular weight excluding hydrogens is 308 g/mol. The van der Waals surface area contributed by atoms with E-state index in [2.05, 4.69) is 28.0 Å². The Labute approximate surface area is 131 Å². The first-order chi connectivity index (χ1) is 10.1. The van der Waals surface area contributed by atoms with Crippen molar-refractivity contribution in [3.05, 3.63) is 39.3 Å². The van der Waals surface area contributed by atoms with Crippen LogP contribution >= 0.6 is 23.6 Å². The molecule has 0 radical (unpaired) electrons. The second-order valence-electron chi connectivity index (χ2n) is 5.16. The third kappa shape index (κ3) is 3.27. The second-order valence-corrected chi connectivity index (χ2v) is 6.67. The highest BCUT2D eigenvalue weighted by molar-refractivity contribution is 7.80. The highest BCUT2D eigenvalue weighted by atomic mass is 32.1. The van der Waals surface area contributed by atoms with E-state index >= 15 is 0 Å². The number of fused-ring (bicyclic) bond motifs is 2. The van der Waals surface area contributed by atoms with E-state index in [1.807, 2.05) is 0 Å². The molecule has 2 aliphatic rings. The molecule has 0 aliphatic heterocycles. The van der Waals surface area contributed by atoms with Gasteiger partial charge in [0.25, 0.3) is 0 Å². The summed E-state index contributed by atoms with van der Waals surface area (Å²) in [5.41, 5.74) is 2.76. The molecule has 1 fully saturated rings. The Morgan fingerprint density at radius 3 is 2.95 bits per heavy atom. The number of thiocarbonyl (C=S) groups is 1. The molecule has 0 saturated heterocycles. The van der Waals surface area contributed by atoms with Gasteiger partial charge in [0.05, 0.1) is 16.0 Å². The molecule has 3 unspecified atom stereocenters. The van der Waals surface area contributed by atoms with Crippen LogP contribution in [0.15, 0.2) is 29.4 Å². The molecule has 8 heteroatoms. The number of hydrogen-bond donors (Lipinski definition) is 2. The van der Waals surface area contributed by atoms with E-state index in [1.54, 1.807) is 6.07 Å². The van der Waals surface area contributed by atoms with Gasteiger partial charge in [-0.05, 0) is 43.0 Å². The predicted octanol–water partition coefficient (Wildman–Crippen LogP) is 2.42. The van der Waals surface area contributed by atoms with Crippen molar-refractivity contribution in [2.45, 2.75) is 18.9 Å². The minimum Gasteiger partial charge on any atom is -0.358 e. The van der Waals surface area contributed by atoms with Crippen LogP contribution in [0.1, 0.15) is 17.7 Å². The maximum absolute atomic E-state index is 10.6. The van der Waals surface area contributed by atoms with Gasteiger partial charge in [0, 0.05) is 12.1 Å². The quantitative estimate of drug-likeness (QED) is 0.293. The minimum atomic E-state index is -0.412. The summed E-state index contributed by atoms with van der Waals surface area (Å²) in [4.78, 5) is 10.9. The topological polar surface area (TPSA) is 79.6 Å². The van der Waals surface area contributed by atoms with Crippen LogP contribution in [-0.4, -0.2) is 22.3 Å². The lowest BCUT2D eigenvalue weighted by Gasteiger charge is -2.20. The number of allylic oxidation sites excluding steroid dienone is 1. The van der Waals surface area contributed by atoms with Crippen molar-refractivity contribution in [1.29, 1.82) is 0 Å². The van der Waals surface area contributed by atoms with Gasteiger partial charge in [0.2, 0.25) is 0 Å². The molecule has 1 heterocycles. The van der Waals surface area contributed by atoms with Crippen molar-refractivity contribution in [1.82, 2.24) is 10.7 Å². The molecule has 1 aromatic heterocycles. The molecule has 0 aromatic carbocycles. The van der Waals surface area contributed by atoms with Crippen molar-refractivity contribution in [2.75, 3.05) is 0 Å². The Morgan fingerprint density at radius 2 is 2.33 bits per heavy atom. The second kappa shape index (κ2) is 5.90. The van der Waals surface area contributed by atoms with E-state index in [1.165, 1.54) is 18.7 Å². The van der Waals surface area contributed by atoms with Gasteiger partial charge in [0.1, 0.15) is 0 Å². The van der Waals surface area contributed by atoms with Crippen LogP contribution in [0.2, 0.25) is 0 Å². The van der Waals surface area contributed by atoms with Gasteiger partial charge >= 0.3 is 5.00 Å². The van der Waals surface area contributed by atoms with Gasteiger partial charge in [0.15, 0.2) is 5.11 Å². The Kier molecular flexibility index (Phi) is 3.98. The Hall–Kier alpha value is -1.80. The molecule has 110 valence electrons. The molecule has 2 N–H and O–H groups in total. The molecule has 0 amide bonds. The smallest absolute Gasteiger partial charge is 0.324 e. The molecule has 2 bridgehead atoms. The van der Waals surface area contributed by atoms with Crippen LogP contribution in [0, 0.1) is 22.0 Å². The van der Waals surface area contributed by atoms with Crippen molar-refractivity contribution in [3.63, 3.8) is 0 Å². The van der Waals surface area contributed by atoms with E-state index in [9.17, 15) is 10.1 Å². The molecule has 6 nitrogen and oxygen atoms in total. The summed E-state index contributed by atoms with van der Waals surface area (Å²) in [6.45, 7) is 0. The standard InChI is InChI=1S/C13H14N4O2S2/c18-17(19)12-4-3-10(21-12)7-14-16-13(20)15-11-6-8-1-2-9(11)5-8/h1-4,7-9,11H,5-6H2,(H2,15,16,20)/b14-7-. The highest BCUT2D eigenvalue weighted by Crippen LogP contribution is 2.38. The monoisotopic (exact) mass is 322 g/mol. The Morgan fingerprint density at radius 1 is 1.48 bits per heavy atom. The van der Waals surface area contributed by atoms with Crippen LogP contribution in [0.5, 0.6) is 0 Å². The van der Waals surface area contributed by atoms with E-state index < -0.39 is 4.92 Å². The van der Waals surface area contributed by atoms with Crippen molar-refractivity contribution < 1.29 is 4.92 Å². The maximum Gasteiger partial charge on any atom is 0.324 e. The summed E-state index contributed by atoms with van der Waals surface area (Å²) < 4.78 is 0. The summed E-state index contributed by atoms with van der Waals surface area (Å²) in [7, 11) is 0. The molecule has 2 aliphatic carbocycles. The Bertz CT molecular complexity index is 625. The summed E-state index contributed by atoms with van der Waals surface area (Å²) in [5.74, 6) is 1.25. The van der Waals surface area contributed by atoms with Gasteiger partial charge in [-0.1, -0.05) is 23.5 Å². The molecule has 21 heavy (non-hydrogen) atoms. The molecule has 1 saturated carbocycles. The van der Waals surface area contributed by atoms with Crippen LogP contribution < -0.4 is 10.7 Å². The van der Waals surface area contributed by atoms with E-state index in [0.29, 0.717) is 27.9 Å². The molecular formula is C13H14N4O2S2. The average Bonchev–Trinajstić information content (AvgIpc) is 3.13. The largest absolute Gasteiger partial charge is 0.358 e. The highest BCUT2D eigenvalue weighted by Gasteiger charge is 2.35. The fraction of sp³-hybridized carbons (Fsp3) is 0.385. The van der Waals surface area contributed by atoms with E-state index in [-0.39, 0.29) is 5.00 Å². The zero-order chi connectivity index (χ0) is 14.8. The third-order valence-electron chi connectivity index (χ3n) is 3.75. The normalized spacial score (nSPS) is 26.4. The van der Waals surface area contributed by atoms with Gasteiger partial charge in [-0.2, -0.15) is 5.10 Å². The number of nitro groups is 1. The summed E-state index contributed by atoms with van der Waals surface area (Å²) >= 11 is 6.28. The number of hydrogen-bond acceptors (Lipinski definition) is 5. The van der Waals surface area contributed by atoms with Crippen LogP contribution in [-0.2, 0) is 0 Å². The summed E-state index contributed by atoms with van der Waals surface area (Å²) in [6.07, 6.45) is 8.39. The molecule has 1 aromatic rings. The van der Waals surface area contributed by atoms with E-state index in [0.717, 1.165) is 17.8 Å². The first kappa shape index (κ1) is 14.2. The number of thiophene rings is 1. The zero-order valence-corrected chi connectivity index (χ0v) is 12.7.